The van der Waals surface area contributed by atoms with Gasteiger partial charge in [0.1, 0.15) is 5.82 Å². The number of aromatic nitrogens is 1. The summed E-state index contributed by atoms with van der Waals surface area (Å²) in [6, 6.07) is 9.19. The third-order valence-electron chi connectivity index (χ3n) is 4.34. The zero-order valence-electron chi connectivity index (χ0n) is 14.7. The summed E-state index contributed by atoms with van der Waals surface area (Å²) in [4.78, 5) is 30.2. The molecule has 0 aliphatic carbocycles. The zero-order chi connectivity index (χ0) is 19.1. The molecule has 2 amide bonds. The smallest absolute Gasteiger partial charge is 0.313 e. The molecule has 2 aromatic rings. The van der Waals surface area contributed by atoms with Gasteiger partial charge in [-0.05, 0) is 29.8 Å². The quantitative estimate of drug-likeness (QED) is 0.774. The Hall–Kier alpha value is -2.84. The van der Waals surface area contributed by atoms with Crippen molar-refractivity contribution in [3.05, 3.63) is 60.2 Å². The molecule has 1 aliphatic rings. The number of nitrogens with zero attached hydrogens (tertiary/aromatic N) is 2. The highest BCUT2D eigenvalue weighted by Crippen LogP contribution is 2.21. The molecule has 1 aromatic carbocycles. The number of halogens is 1. The molecule has 1 fully saturated rings. The van der Waals surface area contributed by atoms with Gasteiger partial charge in [0.05, 0.1) is 19.3 Å². The molecule has 3 rings (SSSR count). The molecule has 2 heterocycles. The van der Waals surface area contributed by atoms with Crippen LogP contribution in [0.4, 0.5) is 10.1 Å². The Morgan fingerprint density at radius 3 is 2.41 bits per heavy atom. The molecule has 0 saturated carbocycles. The van der Waals surface area contributed by atoms with Gasteiger partial charge in [-0.3, -0.25) is 19.5 Å². The number of hydrogen-bond acceptors (Lipinski definition) is 5. The summed E-state index contributed by atoms with van der Waals surface area (Å²) in [5, 5.41) is 5.19. The van der Waals surface area contributed by atoms with E-state index in [1.807, 2.05) is 0 Å². The average Bonchev–Trinajstić information content (AvgIpc) is 2.71. The van der Waals surface area contributed by atoms with Gasteiger partial charge < -0.3 is 15.4 Å². The molecule has 1 aromatic heterocycles. The van der Waals surface area contributed by atoms with Crippen molar-refractivity contribution in [2.24, 2.45) is 0 Å². The predicted octanol–water partition coefficient (Wildman–Crippen LogP) is 1.35. The topological polar surface area (TPSA) is 83.6 Å². The number of rotatable bonds is 5. The Labute approximate surface area is 156 Å². The van der Waals surface area contributed by atoms with Crippen LogP contribution in [-0.4, -0.2) is 54.5 Å². The van der Waals surface area contributed by atoms with Crippen molar-refractivity contribution in [1.82, 2.24) is 15.2 Å². The minimum absolute atomic E-state index is 0.174. The minimum atomic E-state index is -0.749. The molecule has 1 saturated heterocycles. The number of amides is 2. The summed E-state index contributed by atoms with van der Waals surface area (Å²) in [7, 11) is 0. The van der Waals surface area contributed by atoms with Crippen LogP contribution < -0.4 is 10.6 Å². The summed E-state index contributed by atoms with van der Waals surface area (Å²) in [6.45, 7) is 2.80. The van der Waals surface area contributed by atoms with E-state index in [2.05, 4.69) is 20.5 Å². The lowest BCUT2D eigenvalue weighted by atomic mass is 10.0. The molecule has 142 valence electrons. The largest absolute Gasteiger partial charge is 0.379 e. The molecular weight excluding hydrogens is 351 g/mol. The van der Waals surface area contributed by atoms with Gasteiger partial charge in [0.25, 0.3) is 0 Å². The maximum atomic E-state index is 13.3. The predicted molar refractivity (Wildman–Crippen MR) is 97.4 cm³/mol. The molecule has 0 bridgehead atoms. The van der Waals surface area contributed by atoms with Crippen molar-refractivity contribution < 1.29 is 18.7 Å². The second-order valence-electron chi connectivity index (χ2n) is 6.12. The number of carbonyl (C=O) groups excluding carboxylic acids is 2. The summed E-state index contributed by atoms with van der Waals surface area (Å²) in [6.07, 6.45) is 3.05. The average molecular weight is 372 g/mol. The van der Waals surface area contributed by atoms with Crippen LogP contribution in [-0.2, 0) is 14.3 Å². The second-order valence-corrected chi connectivity index (χ2v) is 6.12. The summed E-state index contributed by atoms with van der Waals surface area (Å²) in [5.41, 5.74) is 1.36. The maximum absolute atomic E-state index is 13.3. The van der Waals surface area contributed by atoms with E-state index in [4.69, 9.17) is 4.74 Å². The van der Waals surface area contributed by atoms with Crippen molar-refractivity contribution in [2.45, 2.75) is 6.04 Å². The Morgan fingerprint density at radius 1 is 1.07 bits per heavy atom. The van der Waals surface area contributed by atoms with E-state index in [1.165, 1.54) is 24.5 Å². The van der Waals surface area contributed by atoms with Gasteiger partial charge in [-0.1, -0.05) is 12.1 Å². The van der Waals surface area contributed by atoms with Crippen LogP contribution in [0.15, 0.2) is 48.8 Å². The van der Waals surface area contributed by atoms with Gasteiger partial charge in [0.2, 0.25) is 0 Å². The first-order valence-corrected chi connectivity index (χ1v) is 8.70. The normalized spacial score (nSPS) is 15.7. The van der Waals surface area contributed by atoms with Crippen molar-refractivity contribution in [2.75, 3.05) is 38.2 Å². The van der Waals surface area contributed by atoms with Crippen LogP contribution >= 0.6 is 0 Å². The minimum Gasteiger partial charge on any atom is -0.379 e. The highest BCUT2D eigenvalue weighted by Gasteiger charge is 2.24. The van der Waals surface area contributed by atoms with Crippen LogP contribution in [0.2, 0.25) is 0 Å². The molecule has 0 spiro atoms. The van der Waals surface area contributed by atoms with E-state index in [-0.39, 0.29) is 18.4 Å². The van der Waals surface area contributed by atoms with Gasteiger partial charge in [0.15, 0.2) is 0 Å². The van der Waals surface area contributed by atoms with Crippen molar-refractivity contribution in [1.29, 1.82) is 0 Å². The summed E-state index contributed by atoms with van der Waals surface area (Å²) < 4.78 is 18.6. The Kier molecular flexibility index (Phi) is 6.45. The molecule has 8 heteroatoms. The second kappa shape index (κ2) is 9.20. The van der Waals surface area contributed by atoms with E-state index in [0.717, 1.165) is 5.56 Å². The van der Waals surface area contributed by atoms with Gasteiger partial charge in [-0.15, -0.1) is 0 Å². The van der Waals surface area contributed by atoms with E-state index < -0.39 is 11.8 Å². The number of nitrogens with one attached hydrogen (secondary N) is 2. The molecule has 1 aliphatic heterocycles. The third-order valence-corrected chi connectivity index (χ3v) is 4.34. The van der Waals surface area contributed by atoms with Crippen molar-refractivity contribution in [3.63, 3.8) is 0 Å². The van der Waals surface area contributed by atoms with Crippen molar-refractivity contribution >= 4 is 17.5 Å². The van der Waals surface area contributed by atoms with E-state index in [9.17, 15) is 14.0 Å². The monoisotopic (exact) mass is 372 g/mol. The maximum Gasteiger partial charge on any atom is 0.313 e. The fourth-order valence-electron chi connectivity index (χ4n) is 2.92. The number of pyridine rings is 1. The van der Waals surface area contributed by atoms with Crippen LogP contribution in [0.3, 0.4) is 0 Å². The van der Waals surface area contributed by atoms with Gasteiger partial charge in [-0.25, -0.2) is 4.39 Å². The van der Waals surface area contributed by atoms with Gasteiger partial charge in [0, 0.05) is 37.7 Å². The molecule has 1 atom stereocenters. The molecule has 2 N–H and O–H groups in total. The highest BCUT2D eigenvalue weighted by molar-refractivity contribution is 6.39. The Morgan fingerprint density at radius 2 is 1.74 bits per heavy atom. The lowest BCUT2D eigenvalue weighted by molar-refractivity contribution is -0.136. The third kappa shape index (κ3) is 5.32. The molecule has 27 heavy (non-hydrogen) atoms. The molecule has 7 nitrogen and oxygen atoms in total. The molecule has 0 radical (unpaired) electrons. The highest BCUT2D eigenvalue weighted by atomic mass is 19.1. The number of hydrogen-bond donors (Lipinski definition) is 2. The van der Waals surface area contributed by atoms with Gasteiger partial charge >= 0.3 is 11.8 Å². The number of morpholine rings is 1. The van der Waals surface area contributed by atoms with E-state index in [1.54, 1.807) is 24.3 Å². The first-order chi connectivity index (χ1) is 13.1. The fourth-order valence-corrected chi connectivity index (χ4v) is 2.92. The van der Waals surface area contributed by atoms with E-state index >= 15 is 0 Å². The SMILES string of the molecule is O=C(NC[C@@H](c1ccc(F)cc1)N1CCOCC1)C(=O)Nc1ccncc1. The van der Waals surface area contributed by atoms with Crippen LogP contribution in [0.1, 0.15) is 11.6 Å². The Bertz CT molecular complexity index is 764. The van der Waals surface area contributed by atoms with Crippen LogP contribution in [0.5, 0.6) is 0 Å². The van der Waals surface area contributed by atoms with Crippen LogP contribution in [0, 0.1) is 5.82 Å². The van der Waals surface area contributed by atoms with Crippen LogP contribution in [0.25, 0.3) is 0 Å². The summed E-state index contributed by atoms with van der Waals surface area (Å²) in [5.74, 6) is -1.80. The number of ether oxygens (including phenoxy) is 1. The molecule has 0 unspecified atom stereocenters. The zero-order valence-corrected chi connectivity index (χ0v) is 14.7. The Balaban J connectivity index is 1.63. The summed E-state index contributed by atoms with van der Waals surface area (Å²) >= 11 is 0. The number of benzene rings is 1. The standard InChI is InChI=1S/C19H21FN4O3/c20-15-3-1-14(2-4-15)17(24-9-11-27-12-10-24)13-22-18(25)19(26)23-16-5-7-21-8-6-16/h1-8,17H,9-13H2,(H,22,25)(H,21,23,26)/t17-/m0/s1. The lowest BCUT2D eigenvalue weighted by Crippen LogP contribution is -2.45. The van der Waals surface area contributed by atoms with Gasteiger partial charge in [-0.2, -0.15) is 0 Å². The lowest BCUT2D eigenvalue weighted by Gasteiger charge is -2.34. The number of anilines is 1. The fraction of sp³-hybridized carbons (Fsp3) is 0.316. The molecular formula is C19H21FN4O3. The number of carbonyl (C=O) groups is 2. The first-order valence-electron chi connectivity index (χ1n) is 8.70. The van der Waals surface area contributed by atoms with E-state index in [0.29, 0.717) is 32.0 Å². The first kappa shape index (κ1) is 18.9. The van der Waals surface area contributed by atoms with Crippen molar-refractivity contribution in [3.8, 4) is 0 Å².